The number of rotatable bonds is 4. The van der Waals surface area contributed by atoms with E-state index in [1.807, 2.05) is 0 Å². The lowest BCUT2D eigenvalue weighted by Crippen LogP contribution is -2.33. The lowest BCUT2D eigenvalue weighted by atomic mass is 10.2. The lowest BCUT2D eigenvalue weighted by Gasteiger charge is -2.15. The second kappa shape index (κ2) is 7.44. The van der Waals surface area contributed by atoms with Crippen molar-refractivity contribution in [2.75, 3.05) is 5.32 Å². The van der Waals surface area contributed by atoms with E-state index >= 15 is 0 Å². The Bertz CT molecular complexity index is 932. The van der Waals surface area contributed by atoms with Crippen molar-refractivity contribution in [1.29, 1.82) is 0 Å². The molecule has 2 amide bonds. The zero-order chi connectivity index (χ0) is 18.7. The molecule has 0 fully saturated rings. The Morgan fingerprint density at radius 2 is 2.00 bits per heavy atom. The summed E-state index contributed by atoms with van der Waals surface area (Å²) in [4.78, 5) is 24.5. The number of hydrogen-bond donors (Lipinski definition) is 2. The van der Waals surface area contributed by atoms with Gasteiger partial charge >= 0.3 is 6.03 Å². The van der Waals surface area contributed by atoms with Gasteiger partial charge in [0.2, 0.25) is 0 Å². The van der Waals surface area contributed by atoms with Gasteiger partial charge < -0.3 is 10.6 Å². The van der Waals surface area contributed by atoms with Crippen molar-refractivity contribution in [1.82, 2.24) is 30.0 Å². The van der Waals surface area contributed by atoms with Crippen LogP contribution < -0.4 is 10.6 Å². The quantitative estimate of drug-likeness (QED) is 0.730. The second-order valence-electron chi connectivity index (χ2n) is 5.48. The Hall–Kier alpha value is -3.07. The molecule has 0 aliphatic carbocycles. The number of carbonyl (C=O) groups excluding carboxylic acids is 1. The molecule has 1 unspecified atom stereocenters. The molecule has 1 aromatic carbocycles. The van der Waals surface area contributed by atoms with Gasteiger partial charge in [-0.3, -0.25) is 0 Å². The molecular weight excluding hydrogens is 361 g/mol. The van der Waals surface area contributed by atoms with Gasteiger partial charge in [-0.05, 0) is 37.6 Å². The third-order valence-corrected chi connectivity index (χ3v) is 3.95. The summed E-state index contributed by atoms with van der Waals surface area (Å²) in [7, 11) is 0. The fourth-order valence-electron chi connectivity index (χ4n) is 2.26. The summed E-state index contributed by atoms with van der Waals surface area (Å²) < 4.78 is 15.4. The maximum absolute atomic E-state index is 13.9. The van der Waals surface area contributed by atoms with E-state index < -0.39 is 17.9 Å². The molecule has 1 atom stereocenters. The van der Waals surface area contributed by atoms with Crippen LogP contribution in [0.1, 0.15) is 24.4 Å². The van der Waals surface area contributed by atoms with Crippen LogP contribution >= 0.6 is 11.6 Å². The zero-order valence-corrected chi connectivity index (χ0v) is 14.7. The largest absolute Gasteiger partial charge is 0.328 e. The van der Waals surface area contributed by atoms with Gasteiger partial charge in [0.15, 0.2) is 5.82 Å². The summed E-state index contributed by atoms with van der Waals surface area (Å²) >= 11 is 5.97. The van der Waals surface area contributed by atoms with Crippen molar-refractivity contribution in [2.45, 2.75) is 19.9 Å². The third-order valence-electron chi connectivity index (χ3n) is 3.55. The number of carbonyl (C=O) groups is 1. The van der Waals surface area contributed by atoms with E-state index in [1.165, 1.54) is 23.1 Å². The van der Waals surface area contributed by atoms with E-state index in [0.717, 1.165) is 0 Å². The number of amides is 2. The monoisotopic (exact) mass is 375 g/mol. The molecule has 0 saturated carbocycles. The van der Waals surface area contributed by atoms with Crippen molar-refractivity contribution in [3.63, 3.8) is 0 Å². The maximum Gasteiger partial charge on any atom is 0.319 e. The van der Waals surface area contributed by atoms with Crippen molar-refractivity contribution in [2.24, 2.45) is 0 Å². The molecule has 3 aromatic rings. The highest BCUT2D eigenvalue weighted by molar-refractivity contribution is 6.31. The molecule has 0 bridgehead atoms. The van der Waals surface area contributed by atoms with Crippen LogP contribution in [0, 0.1) is 12.7 Å². The normalized spacial score (nSPS) is 11.8. The molecular formula is C16H15ClFN7O. The van der Waals surface area contributed by atoms with Gasteiger partial charge in [-0.15, -0.1) is 0 Å². The highest BCUT2D eigenvalue weighted by Gasteiger charge is 2.18. The van der Waals surface area contributed by atoms with Gasteiger partial charge in [0.1, 0.15) is 12.1 Å². The van der Waals surface area contributed by atoms with Gasteiger partial charge in [0.05, 0.1) is 11.7 Å². The molecule has 0 saturated heterocycles. The summed E-state index contributed by atoms with van der Waals surface area (Å²) in [6.07, 6.45) is 4.48. The van der Waals surface area contributed by atoms with Crippen molar-refractivity contribution >= 4 is 23.3 Å². The number of anilines is 1. The van der Waals surface area contributed by atoms with Crippen LogP contribution in [0.2, 0.25) is 5.02 Å². The average molecular weight is 376 g/mol. The summed E-state index contributed by atoms with van der Waals surface area (Å²) in [5.74, 6) is 0.176. The van der Waals surface area contributed by atoms with E-state index in [0.29, 0.717) is 22.4 Å². The standard InChI is InChI=1S/C16H15ClFN7O/c1-9-6-12(18)13(7-11(9)17)24-16(26)23-10(2)14-21-8-22-25(14)15-19-4-3-5-20-15/h3-8,10H,1-2H3,(H2,23,24,26). The van der Waals surface area contributed by atoms with Crippen molar-refractivity contribution < 1.29 is 9.18 Å². The van der Waals surface area contributed by atoms with Crippen molar-refractivity contribution in [3.05, 3.63) is 59.1 Å². The Kier molecular flexibility index (Phi) is 5.08. The highest BCUT2D eigenvalue weighted by atomic mass is 35.5. The van der Waals surface area contributed by atoms with E-state index in [1.54, 1.807) is 32.3 Å². The Labute approximate surface area is 153 Å². The molecule has 26 heavy (non-hydrogen) atoms. The molecule has 0 aliphatic heterocycles. The van der Waals surface area contributed by atoms with Crippen LogP contribution in [-0.2, 0) is 0 Å². The minimum Gasteiger partial charge on any atom is -0.328 e. The molecule has 8 nitrogen and oxygen atoms in total. The van der Waals surface area contributed by atoms with Crippen LogP contribution in [0.15, 0.2) is 36.9 Å². The van der Waals surface area contributed by atoms with E-state index in [4.69, 9.17) is 11.6 Å². The van der Waals surface area contributed by atoms with Gasteiger partial charge in [-0.2, -0.15) is 9.78 Å². The van der Waals surface area contributed by atoms with Gasteiger partial charge in [0.25, 0.3) is 5.95 Å². The Balaban J connectivity index is 1.73. The van der Waals surface area contributed by atoms with E-state index in [2.05, 4.69) is 30.7 Å². The molecule has 2 aromatic heterocycles. The second-order valence-corrected chi connectivity index (χ2v) is 5.89. The SMILES string of the molecule is Cc1cc(F)c(NC(=O)NC(C)c2ncnn2-c2ncccn2)cc1Cl. The fourth-order valence-corrected chi connectivity index (χ4v) is 2.43. The minimum atomic E-state index is -0.611. The number of nitrogens with zero attached hydrogens (tertiary/aromatic N) is 5. The van der Waals surface area contributed by atoms with Crippen LogP contribution in [-0.4, -0.2) is 30.8 Å². The Morgan fingerprint density at radius 3 is 2.73 bits per heavy atom. The number of halogens is 2. The van der Waals surface area contributed by atoms with Crippen molar-refractivity contribution in [3.8, 4) is 5.95 Å². The van der Waals surface area contributed by atoms with Gasteiger partial charge in [-0.25, -0.2) is 24.1 Å². The highest BCUT2D eigenvalue weighted by Crippen LogP contribution is 2.24. The topological polar surface area (TPSA) is 97.6 Å². The lowest BCUT2D eigenvalue weighted by molar-refractivity contribution is 0.248. The van der Waals surface area contributed by atoms with Crippen LogP contribution in [0.25, 0.3) is 5.95 Å². The number of aryl methyl sites for hydroxylation is 1. The van der Waals surface area contributed by atoms with Crippen LogP contribution in [0.3, 0.4) is 0 Å². The molecule has 2 heterocycles. The van der Waals surface area contributed by atoms with Crippen LogP contribution in [0.4, 0.5) is 14.9 Å². The smallest absolute Gasteiger partial charge is 0.319 e. The summed E-state index contributed by atoms with van der Waals surface area (Å²) in [6.45, 7) is 3.39. The zero-order valence-electron chi connectivity index (χ0n) is 13.9. The average Bonchev–Trinajstić information content (AvgIpc) is 3.10. The molecule has 0 aliphatic rings. The summed E-state index contributed by atoms with van der Waals surface area (Å²) in [6, 6.07) is 3.14. The van der Waals surface area contributed by atoms with Crippen LogP contribution in [0.5, 0.6) is 0 Å². The molecule has 10 heteroatoms. The number of aromatic nitrogens is 5. The van der Waals surface area contributed by atoms with E-state index in [9.17, 15) is 9.18 Å². The number of hydrogen-bond acceptors (Lipinski definition) is 5. The first-order valence-corrected chi connectivity index (χ1v) is 8.04. The number of urea groups is 1. The first kappa shape index (κ1) is 17.7. The molecule has 2 N–H and O–H groups in total. The van der Waals surface area contributed by atoms with E-state index in [-0.39, 0.29) is 5.69 Å². The summed E-state index contributed by atoms with van der Waals surface area (Å²) in [5, 5.41) is 9.52. The fraction of sp³-hybridized carbons (Fsp3) is 0.188. The first-order chi connectivity index (χ1) is 12.5. The minimum absolute atomic E-state index is 0.0156. The Morgan fingerprint density at radius 1 is 1.27 bits per heavy atom. The van der Waals surface area contributed by atoms with Gasteiger partial charge in [-0.1, -0.05) is 11.6 Å². The molecule has 0 radical (unpaired) electrons. The predicted molar refractivity (Wildman–Crippen MR) is 93.7 cm³/mol. The number of benzene rings is 1. The maximum atomic E-state index is 13.9. The van der Waals surface area contributed by atoms with Gasteiger partial charge in [0, 0.05) is 17.4 Å². The summed E-state index contributed by atoms with van der Waals surface area (Å²) in [5.41, 5.74) is 0.567. The molecule has 3 rings (SSSR count). The first-order valence-electron chi connectivity index (χ1n) is 7.66. The third kappa shape index (κ3) is 3.77. The predicted octanol–water partition coefficient (Wildman–Crippen LogP) is 3.04. The molecule has 0 spiro atoms. The molecule has 134 valence electrons. The number of nitrogens with one attached hydrogen (secondary N) is 2.